The van der Waals surface area contributed by atoms with E-state index >= 15 is 0 Å². The molecule has 0 atom stereocenters. The Kier molecular flexibility index (Phi) is 4.94. The Morgan fingerprint density at radius 1 is 1.12 bits per heavy atom. The predicted molar refractivity (Wildman–Crippen MR) is 94.9 cm³/mol. The van der Waals surface area contributed by atoms with Gasteiger partial charge in [-0.15, -0.1) is 0 Å². The molecular weight excluding hydrogens is 318 g/mol. The third-order valence-electron chi connectivity index (χ3n) is 3.60. The Labute approximate surface area is 145 Å². The van der Waals surface area contributed by atoms with Crippen molar-refractivity contribution in [1.82, 2.24) is 20.1 Å². The molecule has 2 aromatic carbocycles. The fourth-order valence-electron chi connectivity index (χ4n) is 2.40. The number of nitrogens with one attached hydrogen (secondary N) is 2. The highest BCUT2D eigenvalue weighted by Crippen LogP contribution is 2.28. The molecule has 1 heterocycles. The molecule has 0 aliphatic rings. The molecule has 0 aliphatic heterocycles. The Hall–Kier alpha value is -3.35. The number of para-hydroxylation sites is 3. The van der Waals surface area contributed by atoms with Crippen LogP contribution in [0.15, 0.2) is 54.9 Å². The van der Waals surface area contributed by atoms with Crippen LogP contribution in [0.25, 0.3) is 0 Å². The third kappa shape index (κ3) is 3.95. The van der Waals surface area contributed by atoms with E-state index in [2.05, 4.69) is 20.7 Å². The number of ether oxygens (including phenoxy) is 1. The van der Waals surface area contributed by atoms with Crippen molar-refractivity contribution in [3.8, 4) is 5.75 Å². The Bertz CT molecular complexity index is 875. The number of amides is 1. The van der Waals surface area contributed by atoms with Crippen molar-refractivity contribution in [1.29, 1.82) is 0 Å². The summed E-state index contributed by atoms with van der Waals surface area (Å²) in [4.78, 5) is 16.6. The molecule has 0 saturated carbocycles. The lowest BCUT2D eigenvalue weighted by Crippen LogP contribution is -2.24. The first-order valence-electron chi connectivity index (χ1n) is 7.79. The summed E-state index contributed by atoms with van der Waals surface area (Å²) in [5, 5.41) is 10.2. The fourth-order valence-corrected chi connectivity index (χ4v) is 2.40. The molecule has 128 valence electrons. The van der Waals surface area contributed by atoms with E-state index in [1.54, 1.807) is 31.2 Å². The summed E-state index contributed by atoms with van der Waals surface area (Å²) in [6.07, 6.45) is 1.60. The van der Waals surface area contributed by atoms with Crippen LogP contribution in [0.1, 0.15) is 16.2 Å². The average molecular weight is 337 g/mol. The zero-order valence-electron chi connectivity index (χ0n) is 14.1. The topological polar surface area (TPSA) is 81.1 Å². The zero-order chi connectivity index (χ0) is 17.6. The van der Waals surface area contributed by atoms with E-state index in [1.165, 1.54) is 0 Å². The molecule has 0 radical (unpaired) electrons. The van der Waals surface area contributed by atoms with Gasteiger partial charge in [-0.1, -0.05) is 24.3 Å². The second-order valence-corrected chi connectivity index (χ2v) is 5.39. The van der Waals surface area contributed by atoms with Gasteiger partial charge in [0.05, 0.1) is 30.6 Å². The van der Waals surface area contributed by atoms with Gasteiger partial charge in [0.15, 0.2) is 5.82 Å². The van der Waals surface area contributed by atoms with Gasteiger partial charge in [0.25, 0.3) is 5.91 Å². The van der Waals surface area contributed by atoms with E-state index < -0.39 is 0 Å². The molecule has 2 N–H and O–H groups in total. The minimum Gasteiger partial charge on any atom is -0.495 e. The smallest absolute Gasteiger partial charge is 0.253 e. The van der Waals surface area contributed by atoms with E-state index in [0.717, 1.165) is 5.69 Å². The summed E-state index contributed by atoms with van der Waals surface area (Å²) < 4.78 is 6.94. The summed E-state index contributed by atoms with van der Waals surface area (Å²) in [6.45, 7) is 0.267. The molecule has 0 fully saturated rings. The van der Waals surface area contributed by atoms with Gasteiger partial charge in [0, 0.05) is 7.05 Å². The molecule has 7 nitrogen and oxygen atoms in total. The summed E-state index contributed by atoms with van der Waals surface area (Å²) >= 11 is 0. The highest BCUT2D eigenvalue weighted by atomic mass is 16.5. The minimum atomic E-state index is -0.203. The molecule has 3 rings (SSSR count). The SMILES string of the molecule is COc1ccccc1Nc1ccccc1C(=O)NCc1ncn(C)n1. The van der Waals surface area contributed by atoms with E-state index in [0.29, 0.717) is 22.8 Å². The molecular formula is C18H19N5O2. The average Bonchev–Trinajstić information content (AvgIpc) is 3.06. The van der Waals surface area contributed by atoms with Gasteiger partial charge in [-0.25, -0.2) is 4.98 Å². The van der Waals surface area contributed by atoms with Gasteiger partial charge in [-0.3, -0.25) is 9.48 Å². The number of hydrogen-bond donors (Lipinski definition) is 2. The monoisotopic (exact) mass is 337 g/mol. The van der Waals surface area contributed by atoms with Crippen LogP contribution in [0.4, 0.5) is 11.4 Å². The van der Waals surface area contributed by atoms with Gasteiger partial charge in [0.2, 0.25) is 0 Å². The van der Waals surface area contributed by atoms with Crippen molar-refractivity contribution in [3.63, 3.8) is 0 Å². The van der Waals surface area contributed by atoms with Crippen LogP contribution in [0, 0.1) is 0 Å². The molecule has 0 saturated heterocycles. The number of carbonyl (C=O) groups is 1. The number of anilines is 2. The van der Waals surface area contributed by atoms with Crippen molar-refractivity contribution in [2.75, 3.05) is 12.4 Å². The van der Waals surface area contributed by atoms with Crippen LogP contribution in [0.2, 0.25) is 0 Å². The first-order valence-corrected chi connectivity index (χ1v) is 7.79. The van der Waals surface area contributed by atoms with Crippen molar-refractivity contribution in [2.24, 2.45) is 7.05 Å². The summed E-state index contributed by atoms with van der Waals surface area (Å²) in [5.74, 6) is 1.06. The molecule has 1 aromatic heterocycles. The third-order valence-corrected chi connectivity index (χ3v) is 3.60. The Balaban J connectivity index is 1.77. The van der Waals surface area contributed by atoms with Crippen molar-refractivity contribution >= 4 is 17.3 Å². The summed E-state index contributed by atoms with van der Waals surface area (Å²) in [7, 11) is 3.39. The molecule has 7 heteroatoms. The number of aryl methyl sites for hydroxylation is 1. The predicted octanol–water partition coefficient (Wildman–Crippen LogP) is 2.50. The normalized spacial score (nSPS) is 10.3. The van der Waals surface area contributed by atoms with Crippen LogP contribution in [-0.4, -0.2) is 27.8 Å². The Morgan fingerprint density at radius 3 is 2.56 bits per heavy atom. The van der Waals surface area contributed by atoms with Gasteiger partial charge < -0.3 is 15.4 Å². The molecule has 25 heavy (non-hydrogen) atoms. The highest BCUT2D eigenvalue weighted by Gasteiger charge is 2.13. The minimum absolute atomic E-state index is 0.203. The van der Waals surface area contributed by atoms with Crippen LogP contribution in [-0.2, 0) is 13.6 Å². The zero-order valence-corrected chi connectivity index (χ0v) is 14.1. The number of methoxy groups -OCH3 is 1. The quantitative estimate of drug-likeness (QED) is 0.722. The number of rotatable bonds is 6. The molecule has 1 amide bonds. The van der Waals surface area contributed by atoms with Crippen LogP contribution < -0.4 is 15.4 Å². The van der Waals surface area contributed by atoms with E-state index in [4.69, 9.17) is 4.74 Å². The number of benzene rings is 2. The molecule has 0 spiro atoms. The van der Waals surface area contributed by atoms with Gasteiger partial charge in [-0.05, 0) is 24.3 Å². The summed E-state index contributed by atoms with van der Waals surface area (Å²) in [6, 6.07) is 14.8. The van der Waals surface area contributed by atoms with Crippen LogP contribution in [0.5, 0.6) is 5.75 Å². The largest absolute Gasteiger partial charge is 0.495 e. The standard InChI is InChI=1S/C18H19N5O2/c1-23-12-20-17(22-23)11-19-18(24)13-7-3-4-8-14(13)21-15-9-5-6-10-16(15)25-2/h3-10,12,21H,11H2,1-2H3,(H,19,24). The molecule has 0 aliphatic carbocycles. The second kappa shape index (κ2) is 7.48. The first-order chi connectivity index (χ1) is 12.2. The van der Waals surface area contributed by atoms with Crippen LogP contribution in [0.3, 0.4) is 0 Å². The summed E-state index contributed by atoms with van der Waals surface area (Å²) in [5.41, 5.74) is 2.01. The van der Waals surface area contributed by atoms with E-state index in [9.17, 15) is 4.79 Å². The van der Waals surface area contributed by atoms with Gasteiger partial charge >= 0.3 is 0 Å². The van der Waals surface area contributed by atoms with Crippen LogP contribution >= 0.6 is 0 Å². The number of hydrogen-bond acceptors (Lipinski definition) is 5. The number of aromatic nitrogens is 3. The maximum Gasteiger partial charge on any atom is 0.253 e. The number of nitrogens with zero attached hydrogens (tertiary/aromatic N) is 3. The van der Waals surface area contributed by atoms with E-state index in [1.807, 2.05) is 42.5 Å². The van der Waals surface area contributed by atoms with Crippen molar-refractivity contribution in [2.45, 2.75) is 6.54 Å². The first kappa shape index (κ1) is 16.5. The molecule has 0 unspecified atom stereocenters. The maximum absolute atomic E-state index is 12.5. The van der Waals surface area contributed by atoms with Gasteiger partial charge in [-0.2, -0.15) is 5.10 Å². The lowest BCUT2D eigenvalue weighted by molar-refractivity contribution is 0.0950. The van der Waals surface area contributed by atoms with Gasteiger partial charge in [0.1, 0.15) is 12.1 Å². The number of carbonyl (C=O) groups excluding carboxylic acids is 1. The highest BCUT2D eigenvalue weighted by molar-refractivity contribution is 6.00. The van der Waals surface area contributed by atoms with Crippen molar-refractivity contribution < 1.29 is 9.53 Å². The maximum atomic E-state index is 12.5. The van der Waals surface area contributed by atoms with Crippen molar-refractivity contribution in [3.05, 3.63) is 66.2 Å². The van der Waals surface area contributed by atoms with E-state index in [-0.39, 0.29) is 12.5 Å². The lowest BCUT2D eigenvalue weighted by Gasteiger charge is -2.14. The Morgan fingerprint density at radius 2 is 1.84 bits per heavy atom. The molecule has 0 bridgehead atoms. The lowest BCUT2D eigenvalue weighted by atomic mass is 10.1. The fraction of sp³-hybridized carbons (Fsp3) is 0.167. The molecule has 3 aromatic rings. The second-order valence-electron chi connectivity index (χ2n) is 5.39.